The third kappa shape index (κ3) is 2.52. The normalized spacial score (nSPS) is 10.9. The lowest BCUT2D eigenvalue weighted by Gasteiger charge is -1.96. The first-order chi connectivity index (χ1) is 9.80. The minimum Gasteiger partial charge on any atom is -0.338 e. The molecule has 2 heterocycles. The maximum Gasteiger partial charge on any atom is 0.241 e. The van der Waals surface area contributed by atoms with Crippen molar-refractivity contribution in [3.8, 4) is 22.8 Å². The molecule has 0 spiro atoms. The summed E-state index contributed by atoms with van der Waals surface area (Å²) in [6.07, 6.45) is 0. The van der Waals surface area contributed by atoms with Crippen molar-refractivity contribution in [2.75, 3.05) is 0 Å². The molecule has 6 nitrogen and oxygen atoms in total. The SMILES string of the molecule is ClCc1nc(-c2ccc(-c3noc(CCl)n3)cc2)no1. The van der Waals surface area contributed by atoms with Gasteiger partial charge in [0.25, 0.3) is 0 Å². The Balaban J connectivity index is 1.87. The second-order valence-corrected chi connectivity index (χ2v) is 4.40. The zero-order valence-corrected chi connectivity index (χ0v) is 11.6. The maximum absolute atomic E-state index is 5.62. The van der Waals surface area contributed by atoms with E-state index in [4.69, 9.17) is 32.2 Å². The molecule has 0 fully saturated rings. The average Bonchev–Trinajstić information content (AvgIpc) is 3.16. The van der Waals surface area contributed by atoms with Gasteiger partial charge < -0.3 is 9.05 Å². The predicted octanol–water partition coefficient (Wildman–Crippen LogP) is 3.26. The number of nitrogens with zero attached hydrogens (tertiary/aromatic N) is 4. The number of aromatic nitrogens is 4. The first kappa shape index (κ1) is 13.1. The van der Waals surface area contributed by atoms with Crippen molar-refractivity contribution in [2.45, 2.75) is 11.8 Å². The van der Waals surface area contributed by atoms with Crippen LogP contribution in [0.2, 0.25) is 0 Å². The van der Waals surface area contributed by atoms with Crippen LogP contribution in [0.15, 0.2) is 33.3 Å². The molecule has 0 saturated carbocycles. The third-order valence-corrected chi connectivity index (χ3v) is 3.02. The Morgan fingerprint density at radius 2 is 1.15 bits per heavy atom. The van der Waals surface area contributed by atoms with Crippen LogP contribution >= 0.6 is 23.2 Å². The molecule has 0 atom stereocenters. The summed E-state index contributed by atoms with van der Waals surface area (Å²) in [5.74, 6) is 2.12. The monoisotopic (exact) mass is 310 g/mol. The van der Waals surface area contributed by atoms with Gasteiger partial charge in [-0.05, 0) is 0 Å². The average molecular weight is 311 g/mol. The fourth-order valence-electron chi connectivity index (χ4n) is 1.62. The van der Waals surface area contributed by atoms with Crippen LogP contribution in [0.4, 0.5) is 0 Å². The lowest BCUT2D eigenvalue weighted by molar-refractivity contribution is 0.390. The second-order valence-electron chi connectivity index (χ2n) is 3.87. The highest BCUT2D eigenvalue weighted by Gasteiger charge is 2.10. The summed E-state index contributed by atoms with van der Waals surface area (Å²) in [4.78, 5) is 8.28. The lowest BCUT2D eigenvalue weighted by Crippen LogP contribution is -1.84. The number of hydrogen-bond donors (Lipinski definition) is 0. The van der Waals surface area contributed by atoms with E-state index in [0.717, 1.165) is 11.1 Å². The van der Waals surface area contributed by atoms with Crippen LogP contribution in [-0.4, -0.2) is 20.3 Å². The van der Waals surface area contributed by atoms with Crippen LogP contribution in [-0.2, 0) is 11.8 Å². The Hall–Kier alpha value is -1.92. The van der Waals surface area contributed by atoms with Gasteiger partial charge in [0.1, 0.15) is 11.8 Å². The van der Waals surface area contributed by atoms with Gasteiger partial charge in [0.2, 0.25) is 23.4 Å². The highest BCUT2D eigenvalue weighted by molar-refractivity contribution is 6.16. The topological polar surface area (TPSA) is 77.8 Å². The van der Waals surface area contributed by atoms with Crippen molar-refractivity contribution < 1.29 is 9.05 Å². The van der Waals surface area contributed by atoms with Gasteiger partial charge in [-0.2, -0.15) is 9.97 Å². The van der Waals surface area contributed by atoms with E-state index >= 15 is 0 Å². The summed E-state index contributed by atoms with van der Waals surface area (Å²) < 4.78 is 9.91. The molecule has 0 unspecified atom stereocenters. The summed E-state index contributed by atoms with van der Waals surface area (Å²) in [7, 11) is 0. The fraction of sp³-hybridized carbons (Fsp3) is 0.167. The molecule has 0 radical (unpaired) electrons. The van der Waals surface area contributed by atoms with E-state index in [1.165, 1.54) is 0 Å². The molecule has 8 heteroatoms. The predicted molar refractivity (Wildman–Crippen MR) is 72.1 cm³/mol. The number of alkyl halides is 2. The van der Waals surface area contributed by atoms with Crippen LogP contribution in [0.5, 0.6) is 0 Å². The van der Waals surface area contributed by atoms with Crippen LogP contribution in [0.25, 0.3) is 22.8 Å². The molecule has 102 valence electrons. The molecular weight excluding hydrogens is 303 g/mol. The Labute approximate surface area is 123 Å². The Morgan fingerprint density at radius 3 is 1.45 bits per heavy atom. The Bertz CT molecular complexity index is 647. The molecule has 3 rings (SSSR count). The molecule has 0 aliphatic heterocycles. The van der Waals surface area contributed by atoms with Crippen molar-refractivity contribution in [2.24, 2.45) is 0 Å². The number of hydrogen-bond acceptors (Lipinski definition) is 6. The molecule has 3 aromatic rings. The van der Waals surface area contributed by atoms with Crippen LogP contribution in [0, 0.1) is 0 Å². The van der Waals surface area contributed by atoms with Gasteiger partial charge in [-0.3, -0.25) is 0 Å². The molecule has 0 N–H and O–H groups in total. The molecule has 0 saturated heterocycles. The first-order valence-corrected chi connectivity index (χ1v) is 6.75. The smallest absolute Gasteiger partial charge is 0.241 e. The lowest BCUT2D eigenvalue weighted by atomic mass is 10.1. The molecule has 0 bridgehead atoms. The standard InChI is InChI=1S/C12H8Cl2N4O2/c13-5-9-15-11(17-19-9)7-1-2-8(4-3-7)12-16-10(6-14)20-18-12/h1-4H,5-6H2. The van der Waals surface area contributed by atoms with Gasteiger partial charge in [-0.1, -0.05) is 34.6 Å². The molecule has 2 aromatic heterocycles. The van der Waals surface area contributed by atoms with E-state index in [1.54, 1.807) is 0 Å². The van der Waals surface area contributed by atoms with Gasteiger partial charge >= 0.3 is 0 Å². The zero-order valence-electron chi connectivity index (χ0n) is 10.1. The molecule has 0 amide bonds. The van der Waals surface area contributed by atoms with Gasteiger partial charge in [-0.15, -0.1) is 23.2 Å². The Morgan fingerprint density at radius 1 is 0.750 bits per heavy atom. The van der Waals surface area contributed by atoms with E-state index < -0.39 is 0 Å². The molecule has 1 aromatic carbocycles. The van der Waals surface area contributed by atoms with Crippen LogP contribution in [0.1, 0.15) is 11.8 Å². The van der Waals surface area contributed by atoms with Crippen molar-refractivity contribution in [3.63, 3.8) is 0 Å². The van der Waals surface area contributed by atoms with Crippen molar-refractivity contribution in [1.82, 2.24) is 20.3 Å². The molecule has 20 heavy (non-hydrogen) atoms. The summed E-state index contributed by atoms with van der Waals surface area (Å²) in [6.45, 7) is 0. The van der Waals surface area contributed by atoms with E-state index in [0.29, 0.717) is 23.4 Å². The third-order valence-electron chi connectivity index (χ3n) is 2.57. The minimum atomic E-state index is 0.190. The van der Waals surface area contributed by atoms with E-state index in [2.05, 4.69) is 20.3 Å². The van der Waals surface area contributed by atoms with Gasteiger partial charge in [-0.25, -0.2) is 0 Å². The van der Waals surface area contributed by atoms with Gasteiger partial charge in [0, 0.05) is 11.1 Å². The van der Waals surface area contributed by atoms with E-state index in [-0.39, 0.29) is 11.8 Å². The quantitative estimate of drug-likeness (QED) is 0.688. The number of benzene rings is 1. The minimum absolute atomic E-state index is 0.190. The molecule has 0 aliphatic rings. The van der Waals surface area contributed by atoms with Crippen LogP contribution < -0.4 is 0 Å². The van der Waals surface area contributed by atoms with Crippen LogP contribution in [0.3, 0.4) is 0 Å². The van der Waals surface area contributed by atoms with Crippen molar-refractivity contribution in [1.29, 1.82) is 0 Å². The van der Waals surface area contributed by atoms with E-state index in [1.807, 2.05) is 24.3 Å². The van der Waals surface area contributed by atoms with Crippen molar-refractivity contribution in [3.05, 3.63) is 36.0 Å². The summed E-state index contributed by atoms with van der Waals surface area (Å²) in [5.41, 5.74) is 1.63. The summed E-state index contributed by atoms with van der Waals surface area (Å²) >= 11 is 11.2. The zero-order chi connectivity index (χ0) is 13.9. The van der Waals surface area contributed by atoms with Gasteiger partial charge in [0.15, 0.2) is 0 Å². The molecule has 0 aliphatic carbocycles. The number of rotatable bonds is 4. The number of halogens is 2. The Kier molecular flexibility index (Phi) is 3.66. The van der Waals surface area contributed by atoms with Crippen molar-refractivity contribution >= 4 is 23.2 Å². The molecular formula is C12H8Cl2N4O2. The summed E-state index contributed by atoms with van der Waals surface area (Å²) in [6, 6.07) is 7.37. The van der Waals surface area contributed by atoms with E-state index in [9.17, 15) is 0 Å². The van der Waals surface area contributed by atoms with Gasteiger partial charge in [0.05, 0.1) is 0 Å². The highest BCUT2D eigenvalue weighted by atomic mass is 35.5. The highest BCUT2D eigenvalue weighted by Crippen LogP contribution is 2.22. The first-order valence-electron chi connectivity index (χ1n) is 5.68. The largest absolute Gasteiger partial charge is 0.338 e. The fourth-order valence-corrected chi connectivity index (χ4v) is 1.84. The second kappa shape index (κ2) is 5.60. The summed E-state index contributed by atoms with van der Waals surface area (Å²) in [5, 5.41) is 7.68. The maximum atomic E-state index is 5.62.